The van der Waals surface area contributed by atoms with Crippen molar-refractivity contribution in [1.29, 1.82) is 0 Å². The van der Waals surface area contributed by atoms with Gasteiger partial charge in [-0.1, -0.05) is 11.6 Å². The largest absolute Gasteiger partial charge is 0.497 e. The lowest BCUT2D eigenvalue weighted by Gasteiger charge is -2.15. The molecule has 0 aliphatic rings. The number of nitrogens with two attached hydrogens (primary N) is 1. The zero-order valence-corrected chi connectivity index (χ0v) is 16.8. The van der Waals surface area contributed by atoms with Gasteiger partial charge in [0.2, 0.25) is 5.88 Å². The van der Waals surface area contributed by atoms with Crippen molar-refractivity contribution in [2.45, 2.75) is 13.8 Å². The van der Waals surface area contributed by atoms with E-state index in [1.807, 2.05) is 32.0 Å². The highest BCUT2D eigenvalue weighted by atomic mass is 35.5. The minimum Gasteiger partial charge on any atom is -0.497 e. The highest BCUT2D eigenvalue weighted by Gasteiger charge is 2.14. The van der Waals surface area contributed by atoms with Gasteiger partial charge in [-0.3, -0.25) is 0 Å². The Labute approximate surface area is 168 Å². The van der Waals surface area contributed by atoms with Crippen LogP contribution in [0.5, 0.6) is 23.1 Å². The lowest BCUT2D eigenvalue weighted by Crippen LogP contribution is -2.04. The zero-order valence-electron chi connectivity index (χ0n) is 16.0. The van der Waals surface area contributed by atoms with Crippen LogP contribution in [0.2, 0.25) is 5.02 Å². The standard InChI is InChI=1S/C20H21ClN4O3/c1-11-7-14(8-12(2)17(11)21)28-20-18(22)19(23-10-24-20)25-15-6-5-13(26-3)9-16(15)27-4/h5-10H,22H2,1-4H3,(H,23,24,25). The summed E-state index contributed by atoms with van der Waals surface area (Å²) < 4.78 is 16.5. The second kappa shape index (κ2) is 8.22. The fourth-order valence-corrected chi connectivity index (χ4v) is 2.78. The Morgan fingerprint density at radius 3 is 2.32 bits per heavy atom. The fraction of sp³-hybridized carbons (Fsp3) is 0.200. The molecule has 0 bridgehead atoms. The minimum absolute atomic E-state index is 0.242. The number of aromatic nitrogens is 2. The molecule has 1 heterocycles. The minimum atomic E-state index is 0.242. The molecule has 0 atom stereocenters. The van der Waals surface area contributed by atoms with E-state index in [0.717, 1.165) is 11.1 Å². The van der Waals surface area contributed by atoms with Crippen molar-refractivity contribution < 1.29 is 14.2 Å². The molecule has 0 amide bonds. The molecule has 1 aromatic heterocycles. The molecule has 0 saturated carbocycles. The van der Waals surface area contributed by atoms with Crippen molar-refractivity contribution in [3.05, 3.63) is 52.8 Å². The number of nitrogens with zero attached hydrogens (tertiary/aromatic N) is 2. The number of ether oxygens (including phenoxy) is 3. The average Bonchev–Trinajstić information content (AvgIpc) is 2.69. The summed E-state index contributed by atoms with van der Waals surface area (Å²) in [6, 6.07) is 9.04. The molecule has 8 heteroatoms. The molecule has 28 heavy (non-hydrogen) atoms. The van der Waals surface area contributed by atoms with Crippen LogP contribution in [0.25, 0.3) is 0 Å². The second-order valence-corrected chi connectivity index (χ2v) is 6.48. The maximum absolute atomic E-state index is 6.23. The summed E-state index contributed by atoms with van der Waals surface area (Å²) in [5.74, 6) is 2.50. The molecule has 2 aromatic carbocycles. The normalized spacial score (nSPS) is 10.5. The van der Waals surface area contributed by atoms with Gasteiger partial charge in [-0.25, -0.2) is 4.98 Å². The molecular formula is C20H21ClN4O3. The number of benzene rings is 2. The molecule has 7 nitrogen and oxygen atoms in total. The number of nitrogens with one attached hydrogen (secondary N) is 1. The van der Waals surface area contributed by atoms with Crippen molar-refractivity contribution in [1.82, 2.24) is 9.97 Å². The maximum Gasteiger partial charge on any atom is 0.248 e. The number of nitrogen functional groups attached to an aromatic ring is 1. The summed E-state index contributed by atoms with van der Waals surface area (Å²) in [5.41, 5.74) is 8.99. The summed E-state index contributed by atoms with van der Waals surface area (Å²) in [6.45, 7) is 3.82. The summed E-state index contributed by atoms with van der Waals surface area (Å²) >= 11 is 6.21. The molecule has 3 N–H and O–H groups in total. The van der Waals surface area contributed by atoms with Crippen molar-refractivity contribution >= 4 is 28.8 Å². The molecule has 0 fully saturated rings. The summed E-state index contributed by atoms with van der Waals surface area (Å²) in [5, 5.41) is 3.85. The van der Waals surface area contributed by atoms with Gasteiger partial charge in [-0.05, 0) is 49.2 Å². The molecule has 146 valence electrons. The first kappa shape index (κ1) is 19.6. The molecular weight excluding hydrogens is 380 g/mol. The lowest BCUT2D eigenvalue weighted by atomic mass is 10.1. The van der Waals surface area contributed by atoms with Gasteiger partial charge < -0.3 is 25.3 Å². The van der Waals surface area contributed by atoms with Gasteiger partial charge in [-0.2, -0.15) is 4.98 Å². The van der Waals surface area contributed by atoms with Crippen LogP contribution in [0.15, 0.2) is 36.7 Å². The summed E-state index contributed by atoms with van der Waals surface area (Å²) in [6.07, 6.45) is 1.37. The Balaban J connectivity index is 1.90. The predicted molar refractivity (Wildman–Crippen MR) is 110 cm³/mol. The molecule has 0 aliphatic carbocycles. The van der Waals surface area contributed by atoms with Crippen LogP contribution in [0.4, 0.5) is 17.2 Å². The Morgan fingerprint density at radius 1 is 0.964 bits per heavy atom. The van der Waals surface area contributed by atoms with E-state index < -0.39 is 0 Å². The van der Waals surface area contributed by atoms with Gasteiger partial charge in [0.1, 0.15) is 29.3 Å². The maximum atomic E-state index is 6.23. The highest BCUT2D eigenvalue weighted by Crippen LogP contribution is 2.36. The van der Waals surface area contributed by atoms with Crippen LogP contribution in [0, 0.1) is 13.8 Å². The van der Waals surface area contributed by atoms with E-state index in [0.29, 0.717) is 33.8 Å². The lowest BCUT2D eigenvalue weighted by molar-refractivity contribution is 0.395. The van der Waals surface area contributed by atoms with Crippen molar-refractivity contribution in [2.24, 2.45) is 0 Å². The van der Waals surface area contributed by atoms with E-state index in [1.165, 1.54) is 6.33 Å². The van der Waals surface area contributed by atoms with Crippen LogP contribution >= 0.6 is 11.6 Å². The SMILES string of the molecule is COc1ccc(Nc2ncnc(Oc3cc(C)c(Cl)c(C)c3)c2N)c(OC)c1. The number of rotatable bonds is 6. The number of anilines is 3. The third-order valence-corrected chi connectivity index (χ3v) is 4.73. The van der Waals surface area contributed by atoms with Gasteiger partial charge in [0, 0.05) is 11.1 Å². The predicted octanol–water partition coefficient (Wildman–Crippen LogP) is 4.88. The van der Waals surface area contributed by atoms with E-state index in [1.54, 1.807) is 26.4 Å². The van der Waals surface area contributed by atoms with Crippen LogP contribution in [-0.2, 0) is 0 Å². The van der Waals surface area contributed by atoms with E-state index in [2.05, 4.69) is 15.3 Å². The number of hydrogen-bond donors (Lipinski definition) is 2. The number of halogens is 1. The molecule has 3 rings (SSSR count). The number of hydrogen-bond acceptors (Lipinski definition) is 7. The Bertz CT molecular complexity index is 988. The van der Waals surface area contributed by atoms with Crippen LogP contribution in [-0.4, -0.2) is 24.2 Å². The molecule has 3 aromatic rings. The zero-order chi connectivity index (χ0) is 20.3. The van der Waals surface area contributed by atoms with Gasteiger partial charge in [0.05, 0.1) is 19.9 Å². The fourth-order valence-electron chi connectivity index (χ4n) is 2.67. The quantitative estimate of drug-likeness (QED) is 0.609. The molecule has 0 saturated heterocycles. The van der Waals surface area contributed by atoms with E-state index in [9.17, 15) is 0 Å². The van der Waals surface area contributed by atoms with E-state index in [4.69, 9.17) is 31.5 Å². The van der Waals surface area contributed by atoms with E-state index >= 15 is 0 Å². The van der Waals surface area contributed by atoms with E-state index in [-0.39, 0.29) is 11.6 Å². The monoisotopic (exact) mass is 400 g/mol. The van der Waals surface area contributed by atoms with Crippen molar-refractivity contribution in [2.75, 3.05) is 25.3 Å². The summed E-state index contributed by atoms with van der Waals surface area (Å²) in [4.78, 5) is 8.35. The Hall–Kier alpha value is -3.19. The second-order valence-electron chi connectivity index (χ2n) is 6.11. The summed E-state index contributed by atoms with van der Waals surface area (Å²) in [7, 11) is 3.16. The third kappa shape index (κ3) is 4.04. The molecule has 0 unspecified atom stereocenters. The molecule has 0 spiro atoms. The Kier molecular flexibility index (Phi) is 5.75. The van der Waals surface area contributed by atoms with Crippen LogP contribution in [0.3, 0.4) is 0 Å². The van der Waals surface area contributed by atoms with Crippen molar-refractivity contribution in [3.8, 4) is 23.1 Å². The van der Waals surface area contributed by atoms with Crippen LogP contribution < -0.4 is 25.3 Å². The first-order valence-electron chi connectivity index (χ1n) is 8.47. The van der Waals surface area contributed by atoms with Gasteiger partial charge in [-0.15, -0.1) is 0 Å². The first-order chi connectivity index (χ1) is 13.4. The topological polar surface area (TPSA) is 91.5 Å². The van der Waals surface area contributed by atoms with Gasteiger partial charge in [0.25, 0.3) is 0 Å². The number of aryl methyl sites for hydroxylation is 2. The average molecular weight is 401 g/mol. The van der Waals surface area contributed by atoms with Crippen molar-refractivity contribution in [3.63, 3.8) is 0 Å². The third-order valence-electron chi connectivity index (χ3n) is 4.13. The molecule has 0 aliphatic heterocycles. The highest BCUT2D eigenvalue weighted by molar-refractivity contribution is 6.32. The first-order valence-corrected chi connectivity index (χ1v) is 8.84. The Morgan fingerprint density at radius 2 is 1.68 bits per heavy atom. The molecule has 0 radical (unpaired) electrons. The van der Waals surface area contributed by atoms with Crippen LogP contribution in [0.1, 0.15) is 11.1 Å². The number of methoxy groups -OCH3 is 2. The smallest absolute Gasteiger partial charge is 0.248 e. The van der Waals surface area contributed by atoms with Gasteiger partial charge >= 0.3 is 0 Å². The van der Waals surface area contributed by atoms with Gasteiger partial charge in [0.15, 0.2) is 5.82 Å².